The Labute approximate surface area is 188 Å². The molecule has 2 heterocycles. The fourth-order valence-corrected chi connectivity index (χ4v) is 3.72. The quantitative estimate of drug-likeness (QED) is 0.582. The van der Waals surface area contributed by atoms with Crippen molar-refractivity contribution in [3.63, 3.8) is 0 Å². The third-order valence-electron chi connectivity index (χ3n) is 5.50. The van der Waals surface area contributed by atoms with Gasteiger partial charge in [0.15, 0.2) is 5.69 Å². The molecule has 0 saturated carbocycles. The van der Waals surface area contributed by atoms with Gasteiger partial charge in [0, 0.05) is 26.0 Å². The fourth-order valence-electron chi connectivity index (χ4n) is 3.72. The second-order valence-electron chi connectivity index (χ2n) is 7.95. The van der Waals surface area contributed by atoms with Gasteiger partial charge in [-0.2, -0.15) is 5.10 Å². The molecule has 1 aliphatic rings. The van der Waals surface area contributed by atoms with Crippen LogP contribution >= 0.6 is 0 Å². The number of rotatable bonds is 8. The molecule has 0 aliphatic carbocycles. The van der Waals surface area contributed by atoms with E-state index in [1.807, 2.05) is 43.3 Å². The van der Waals surface area contributed by atoms with Gasteiger partial charge in [0.25, 0.3) is 5.91 Å². The van der Waals surface area contributed by atoms with E-state index in [4.69, 9.17) is 14.2 Å². The predicted molar refractivity (Wildman–Crippen MR) is 121 cm³/mol. The third kappa shape index (κ3) is 5.55. The Kier molecular flexibility index (Phi) is 7.19. The first-order valence-corrected chi connectivity index (χ1v) is 10.9. The second-order valence-corrected chi connectivity index (χ2v) is 7.95. The molecule has 7 nitrogen and oxygen atoms in total. The SMILES string of the molecule is COc1ccc(C)cc1-n1ccc(C(=O)NCc2cccc(COC3CCOCC3)c2)n1. The standard InChI is InChI=1S/C25H29N3O4/c1-18-6-7-24(30-2)23(14-18)28-11-8-22(27-28)25(29)26-16-19-4-3-5-20(15-19)17-32-21-9-12-31-13-10-21/h3-8,11,14-15,21H,9-10,12-13,16-17H2,1-2H3,(H,26,29). The van der Waals surface area contributed by atoms with Crippen LogP contribution in [0.4, 0.5) is 0 Å². The number of hydrogen-bond acceptors (Lipinski definition) is 5. The van der Waals surface area contributed by atoms with Crippen molar-refractivity contribution in [1.29, 1.82) is 0 Å². The Morgan fingerprint density at radius 2 is 1.97 bits per heavy atom. The fraction of sp³-hybridized carbons (Fsp3) is 0.360. The van der Waals surface area contributed by atoms with Gasteiger partial charge in [-0.3, -0.25) is 4.79 Å². The monoisotopic (exact) mass is 435 g/mol. The lowest BCUT2D eigenvalue weighted by molar-refractivity contribution is -0.0390. The molecule has 0 atom stereocenters. The number of ether oxygens (including phenoxy) is 3. The molecule has 4 rings (SSSR count). The van der Waals surface area contributed by atoms with E-state index in [-0.39, 0.29) is 12.0 Å². The summed E-state index contributed by atoms with van der Waals surface area (Å²) in [5.74, 6) is 0.477. The molecule has 0 spiro atoms. The minimum atomic E-state index is -0.223. The Hall–Kier alpha value is -3.16. The Balaban J connectivity index is 1.35. The molecule has 1 aromatic heterocycles. The molecule has 1 fully saturated rings. The van der Waals surface area contributed by atoms with Crippen molar-refractivity contribution in [2.45, 2.75) is 39.0 Å². The molecule has 1 saturated heterocycles. The van der Waals surface area contributed by atoms with Gasteiger partial charge >= 0.3 is 0 Å². The van der Waals surface area contributed by atoms with Gasteiger partial charge in [0.1, 0.15) is 11.4 Å². The molecule has 168 valence electrons. The van der Waals surface area contributed by atoms with E-state index >= 15 is 0 Å². The molecule has 32 heavy (non-hydrogen) atoms. The maximum atomic E-state index is 12.6. The van der Waals surface area contributed by atoms with E-state index in [9.17, 15) is 4.79 Å². The van der Waals surface area contributed by atoms with Gasteiger partial charge in [0.05, 0.1) is 19.8 Å². The van der Waals surface area contributed by atoms with E-state index in [2.05, 4.69) is 16.5 Å². The number of nitrogens with one attached hydrogen (secondary N) is 1. The van der Waals surface area contributed by atoms with Crippen LogP contribution in [-0.2, 0) is 22.6 Å². The lowest BCUT2D eigenvalue weighted by Crippen LogP contribution is -2.24. The summed E-state index contributed by atoms with van der Waals surface area (Å²) in [6.45, 7) is 4.52. The zero-order valence-corrected chi connectivity index (χ0v) is 18.5. The molecule has 0 radical (unpaired) electrons. The van der Waals surface area contributed by atoms with Crippen LogP contribution in [0.1, 0.15) is 40.0 Å². The molecule has 2 aromatic carbocycles. The molecule has 7 heteroatoms. The van der Waals surface area contributed by atoms with Gasteiger partial charge in [-0.25, -0.2) is 4.68 Å². The Bertz CT molecular complexity index is 1060. The first-order chi connectivity index (χ1) is 15.6. The number of methoxy groups -OCH3 is 1. The number of aromatic nitrogens is 2. The lowest BCUT2D eigenvalue weighted by Gasteiger charge is -2.22. The van der Waals surface area contributed by atoms with Gasteiger partial charge in [-0.05, 0) is 54.7 Å². The van der Waals surface area contributed by atoms with Crippen LogP contribution in [0, 0.1) is 6.92 Å². The number of amides is 1. The second kappa shape index (κ2) is 10.4. The maximum absolute atomic E-state index is 12.6. The molecule has 1 aliphatic heterocycles. The Morgan fingerprint density at radius 1 is 1.16 bits per heavy atom. The number of aryl methyl sites for hydroxylation is 1. The highest BCUT2D eigenvalue weighted by Gasteiger charge is 2.15. The predicted octanol–water partition coefficient (Wildman–Crippen LogP) is 3.81. The zero-order valence-electron chi connectivity index (χ0n) is 18.5. The first-order valence-electron chi connectivity index (χ1n) is 10.9. The van der Waals surface area contributed by atoms with Crippen LogP contribution < -0.4 is 10.1 Å². The van der Waals surface area contributed by atoms with E-state index < -0.39 is 0 Å². The number of benzene rings is 2. The lowest BCUT2D eigenvalue weighted by atomic mass is 10.1. The third-order valence-corrected chi connectivity index (χ3v) is 5.50. The highest BCUT2D eigenvalue weighted by Crippen LogP contribution is 2.23. The van der Waals surface area contributed by atoms with E-state index in [1.54, 1.807) is 24.1 Å². The van der Waals surface area contributed by atoms with Crippen molar-refractivity contribution in [2.75, 3.05) is 20.3 Å². The topological polar surface area (TPSA) is 74.6 Å². The minimum Gasteiger partial charge on any atom is -0.494 e. The highest BCUT2D eigenvalue weighted by atomic mass is 16.5. The molecule has 0 bridgehead atoms. The molecular weight excluding hydrogens is 406 g/mol. The minimum absolute atomic E-state index is 0.223. The van der Waals surface area contributed by atoms with Gasteiger partial charge < -0.3 is 19.5 Å². The van der Waals surface area contributed by atoms with Crippen LogP contribution in [0.3, 0.4) is 0 Å². The van der Waals surface area contributed by atoms with Gasteiger partial charge in [-0.15, -0.1) is 0 Å². The number of nitrogens with zero attached hydrogens (tertiary/aromatic N) is 2. The number of hydrogen-bond donors (Lipinski definition) is 1. The molecular formula is C25H29N3O4. The zero-order chi connectivity index (χ0) is 22.3. The Morgan fingerprint density at radius 3 is 2.78 bits per heavy atom. The van der Waals surface area contributed by atoms with Crippen molar-refractivity contribution >= 4 is 5.91 Å². The molecule has 1 N–H and O–H groups in total. The summed E-state index contributed by atoms with van der Waals surface area (Å²) in [6, 6.07) is 15.6. The van der Waals surface area contributed by atoms with E-state index in [0.29, 0.717) is 24.6 Å². The van der Waals surface area contributed by atoms with E-state index in [0.717, 1.165) is 48.4 Å². The highest BCUT2D eigenvalue weighted by molar-refractivity contribution is 5.92. The van der Waals surface area contributed by atoms with Crippen LogP contribution in [0.15, 0.2) is 54.7 Å². The molecule has 3 aromatic rings. The number of carbonyl (C=O) groups excluding carboxylic acids is 1. The normalized spacial score (nSPS) is 14.3. The first kappa shape index (κ1) is 22.0. The summed E-state index contributed by atoms with van der Waals surface area (Å²) in [5, 5.41) is 7.38. The van der Waals surface area contributed by atoms with Gasteiger partial charge in [0.2, 0.25) is 0 Å². The van der Waals surface area contributed by atoms with Crippen LogP contribution in [-0.4, -0.2) is 42.1 Å². The summed E-state index contributed by atoms with van der Waals surface area (Å²) >= 11 is 0. The summed E-state index contributed by atoms with van der Waals surface area (Å²) in [6.07, 6.45) is 3.91. The molecule has 1 amide bonds. The average molecular weight is 436 g/mol. The summed E-state index contributed by atoms with van der Waals surface area (Å²) < 4.78 is 18.5. The summed E-state index contributed by atoms with van der Waals surface area (Å²) in [7, 11) is 1.62. The molecule has 0 unspecified atom stereocenters. The van der Waals surface area contributed by atoms with Crippen molar-refractivity contribution in [2.24, 2.45) is 0 Å². The van der Waals surface area contributed by atoms with E-state index in [1.165, 1.54) is 0 Å². The van der Waals surface area contributed by atoms with Crippen LogP contribution in [0.25, 0.3) is 5.69 Å². The largest absolute Gasteiger partial charge is 0.494 e. The van der Waals surface area contributed by atoms with Crippen molar-refractivity contribution in [1.82, 2.24) is 15.1 Å². The van der Waals surface area contributed by atoms with Crippen LogP contribution in [0.2, 0.25) is 0 Å². The van der Waals surface area contributed by atoms with Crippen molar-refractivity contribution in [3.05, 3.63) is 77.1 Å². The van der Waals surface area contributed by atoms with Gasteiger partial charge in [-0.1, -0.05) is 30.3 Å². The maximum Gasteiger partial charge on any atom is 0.272 e. The number of carbonyl (C=O) groups is 1. The smallest absolute Gasteiger partial charge is 0.272 e. The van der Waals surface area contributed by atoms with Crippen molar-refractivity contribution in [3.8, 4) is 11.4 Å². The average Bonchev–Trinajstić information content (AvgIpc) is 3.32. The summed E-state index contributed by atoms with van der Waals surface area (Å²) in [4.78, 5) is 12.6. The van der Waals surface area contributed by atoms with Crippen molar-refractivity contribution < 1.29 is 19.0 Å². The summed E-state index contributed by atoms with van der Waals surface area (Å²) in [5.41, 5.74) is 4.35. The van der Waals surface area contributed by atoms with Crippen LogP contribution in [0.5, 0.6) is 5.75 Å².